The number of aryl methyl sites for hydroxylation is 1. The van der Waals surface area contributed by atoms with Crippen LogP contribution in [-0.2, 0) is 11.3 Å². The average Bonchev–Trinajstić information content (AvgIpc) is 2.90. The maximum Gasteiger partial charge on any atom is 0.325 e. The van der Waals surface area contributed by atoms with Crippen molar-refractivity contribution >= 4 is 17.9 Å². The lowest BCUT2D eigenvalue weighted by Crippen LogP contribution is -2.64. The topological polar surface area (TPSA) is 77.0 Å². The van der Waals surface area contributed by atoms with Gasteiger partial charge in [-0.3, -0.25) is 15.1 Å². The molecule has 1 aromatic carbocycles. The molecule has 0 radical (unpaired) electrons. The van der Waals surface area contributed by atoms with Crippen molar-refractivity contribution in [2.24, 2.45) is 4.99 Å². The summed E-state index contributed by atoms with van der Waals surface area (Å²) in [6.45, 7) is 5.33. The van der Waals surface area contributed by atoms with E-state index >= 15 is 0 Å². The Morgan fingerprint density at radius 3 is 2.79 bits per heavy atom. The van der Waals surface area contributed by atoms with Crippen LogP contribution >= 0.6 is 0 Å². The second-order valence-electron chi connectivity index (χ2n) is 6.26. The zero-order valence-corrected chi connectivity index (χ0v) is 14.2. The van der Waals surface area contributed by atoms with E-state index in [4.69, 9.17) is 0 Å². The number of aliphatic imine (C=N–C) groups is 1. The molecule has 2 N–H and O–H groups in total. The molecule has 2 atom stereocenters. The minimum atomic E-state index is -0.483. The Balaban J connectivity index is 1.92. The monoisotopic (exact) mass is 329 g/mol. The maximum absolute atomic E-state index is 12.4. The fourth-order valence-corrected chi connectivity index (χ4v) is 3.12. The van der Waals surface area contributed by atoms with Crippen molar-refractivity contribution in [3.8, 4) is 0 Å². The van der Waals surface area contributed by atoms with E-state index in [1.54, 1.807) is 7.05 Å². The Bertz CT molecular complexity index is 687. The number of carbonyl (C=O) groups is 2. The molecule has 2 fully saturated rings. The summed E-state index contributed by atoms with van der Waals surface area (Å²) in [6.07, 6.45) is 0.520. The minimum Gasteiger partial charge on any atom is -0.333 e. The molecular weight excluding hydrogens is 306 g/mol. The third-order valence-electron chi connectivity index (χ3n) is 4.34. The Labute approximate surface area is 141 Å². The van der Waals surface area contributed by atoms with E-state index in [1.165, 1.54) is 10.5 Å². The summed E-state index contributed by atoms with van der Waals surface area (Å²) in [7, 11) is 1.68. The third kappa shape index (κ3) is 2.93. The van der Waals surface area contributed by atoms with E-state index in [9.17, 15) is 9.59 Å². The number of benzene rings is 1. The van der Waals surface area contributed by atoms with Gasteiger partial charge in [-0.1, -0.05) is 36.8 Å². The van der Waals surface area contributed by atoms with Crippen molar-refractivity contribution in [2.45, 2.75) is 39.0 Å². The molecule has 2 aliphatic heterocycles. The molecule has 3 amide bonds. The number of hydrogen-bond donors (Lipinski definition) is 2. The summed E-state index contributed by atoms with van der Waals surface area (Å²) in [5, 5.41) is 5.66. The first-order chi connectivity index (χ1) is 11.5. The zero-order chi connectivity index (χ0) is 17.3. The van der Waals surface area contributed by atoms with E-state index in [2.05, 4.69) is 28.6 Å². The Hall–Kier alpha value is -2.57. The Morgan fingerprint density at radius 1 is 1.29 bits per heavy atom. The molecular formula is C17H23N5O2. The van der Waals surface area contributed by atoms with Crippen molar-refractivity contribution in [1.29, 1.82) is 0 Å². The summed E-state index contributed by atoms with van der Waals surface area (Å²) in [5.74, 6) is 0.384. The highest BCUT2D eigenvalue weighted by Crippen LogP contribution is 2.23. The molecule has 3 rings (SSSR count). The van der Waals surface area contributed by atoms with Crippen molar-refractivity contribution in [3.05, 3.63) is 35.4 Å². The third-order valence-corrected chi connectivity index (χ3v) is 4.34. The van der Waals surface area contributed by atoms with Crippen molar-refractivity contribution in [2.75, 3.05) is 13.6 Å². The fourth-order valence-electron chi connectivity index (χ4n) is 3.12. The summed E-state index contributed by atoms with van der Waals surface area (Å²) < 4.78 is 0. The van der Waals surface area contributed by atoms with E-state index in [0.29, 0.717) is 19.0 Å². The number of carbonyl (C=O) groups excluding carboxylic acids is 2. The number of likely N-dealkylation sites (N-methyl/N-ethyl adjacent to an activating group) is 1. The van der Waals surface area contributed by atoms with Crippen LogP contribution in [-0.4, -0.2) is 53.5 Å². The molecule has 0 aliphatic carbocycles. The van der Waals surface area contributed by atoms with Gasteiger partial charge in [-0.05, 0) is 18.9 Å². The number of amides is 3. The van der Waals surface area contributed by atoms with E-state index in [-0.39, 0.29) is 11.9 Å². The summed E-state index contributed by atoms with van der Waals surface area (Å²) in [4.78, 5) is 32.3. The van der Waals surface area contributed by atoms with Gasteiger partial charge in [0, 0.05) is 20.1 Å². The van der Waals surface area contributed by atoms with Crippen molar-refractivity contribution in [3.63, 3.8) is 0 Å². The maximum atomic E-state index is 12.4. The number of urea groups is 1. The van der Waals surface area contributed by atoms with Crippen LogP contribution in [0.15, 0.2) is 29.3 Å². The highest BCUT2D eigenvalue weighted by molar-refractivity contribution is 6.04. The molecule has 2 heterocycles. The zero-order valence-electron chi connectivity index (χ0n) is 14.2. The molecule has 24 heavy (non-hydrogen) atoms. The molecule has 2 aliphatic rings. The summed E-state index contributed by atoms with van der Waals surface area (Å²) in [6, 6.07) is 7.31. The number of hydrogen-bond acceptors (Lipinski definition) is 3. The van der Waals surface area contributed by atoms with Crippen LogP contribution in [0.2, 0.25) is 0 Å². The average molecular weight is 329 g/mol. The summed E-state index contributed by atoms with van der Waals surface area (Å²) in [5.41, 5.74) is 2.28. The molecule has 1 aromatic rings. The summed E-state index contributed by atoms with van der Waals surface area (Å²) >= 11 is 0. The van der Waals surface area contributed by atoms with E-state index < -0.39 is 12.2 Å². The first-order valence-electron chi connectivity index (χ1n) is 8.22. The van der Waals surface area contributed by atoms with Crippen LogP contribution in [0.3, 0.4) is 0 Å². The lowest BCUT2D eigenvalue weighted by atomic mass is 10.1. The van der Waals surface area contributed by atoms with Gasteiger partial charge in [0.1, 0.15) is 6.17 Å². The van der Waals surface area contributed by atoms with Crippen LogP contribution in [0, 0.1) is 6.92 Å². The Morgan fingerprint density at radius 2 is 2.08 bits per heavy atom. The number of guanidine groups is 1. The van der Waals surface area contributed by atoms with Crippen molar-refractivity contribution in [1.82, 2.24) is 20.4 Å². The van der Waals surface area contributed by atoms with Gasteiger partial charge in [0.2, 0.25) is 0 Å². The molecule has 0 bridgehead atoms. The van der Waals surface area contributed by atoms with Crippen molar-refractivity contribution < 1.29 is 9.59 Å². The molecule has 7 heteroatoms. The lowest BCUT2D eigenvalue weighted by molar-refractivity contribution is -0.127. The molecule has 0 spiro atoms. The van der Waals surface area contributed by atoms with Gasteiger partial charge in [0.25, 0.3) is 5.91 Å². The highest BCUT2D eigenvalue weighted by Gasteiger charge is 2.49. The Kier molecular flexibility index (Phi) is 4.42. The normalized spacial score (nSPS) is 24.9. The lowest BCUT2D eigenvalue weighted by Gasteiger charge is -2.35. The van der Waals surface area contributed by atoms with Gasteiger partial charge >= 0.3 is 6.03 Å². The molecule has 0 saturated carbocycles. The molecule has 7 nitrogen and oxygen atoms in total. The first kappa shape index (κ1) is 16.3. The quantitative estimate of drug-likeness (QED) is 0.865. The molecule has 0 aromatic heterocycles. The van der Waals surface area contributed by atoms with E-state index in [0.717, 1.165) is 12.0 Å². The van der Waals surface area contributed by atoms with Crippen LogP contribution in [0.4, 0.5) is 4.79 Å². The fraction of sp³-hybridized carbons (Fsp3) is 0.471. The number of nitrogens with one attached hydrogen (secondary N) is 2. The standard InChI is InChI=1S/C17H23N5O2/c1-4-8-18-16-19-14-13(15(23)20-17(24)21(14)3)22(16)10-12-7-5-6-11(2)9-12/h5-7,9,13-14H,4,8,10H2,1-3H3,(H,18,19)(H,20,23,24). The van der Waals surface area contributed by atoms with E-state index in [1.807, 2.05) is 30.0 Å². The molecule has 128 valence electrons. The second kappa shape index (κ2) is 6.51. The molecule has 2 saturated heterocycles. The van der Waals surface area contributed by atoms with Crippen LogP contribution in [0.1, 0.15) is 24.5 Å². The minimum absolute atomic E-state index is 0.287. The number of fused-ring (bicyclic) bond motifs is 1. The largest absolute Gasteiger partial charge is 0.333 e. The van der Waals surface area contributed by atoms with Gasteiger partial charge in [0.15, 0.2) is 12.0 Å². The molecule has 2 unspecified atom stereocenters. The van der Waals surface area contributed by atoms with Crippen LogP contribution < -0.4 is 10.6 Å². The smallest absolute Gasteiger partial charge is 0.325 e. The second-order valence-corrected chi connectivity index (χ2v) is 6.26. The van der Waals surface area contributed by atoms with Gasteiger partial charge in [-0.2, -0.15) is 0 Å². The number of rotatable bonds is 4. The highest BCUT2D eigenvalue weighted by atomic mass is 16.2. The predicted octanol–water partition coefficient (Wildman–Crippen LogP) is 1.04. The van der Waals surface area contributed by atoms with Crippen LogP contribution in [0.25, 0.3) is 0 Å². The van der Waals surface area contributed by atoms with Gasteiger partial charge in [-0.15, -0.1) is 0 Å². The first-order valence-corrected chi connectivity index (χ1v) is 8.22. The number of nitrogens with zero attached hydrogens (tertiary/aromatic N) is 3. The van der Waals surface area contributed by atoms with Gasteiger partial charge in [-0.25, -0.2) is 4.79 Å². The predicted molar refractivity (Wildman–Crippen MR) is 91.3 cm³/mol. The number of imide groups is 1. The van der Waals surface area contributed by atoms with Crippen LogP contribution in [0.5, 0.6) is 0 Å². The van der Waals surface area contributed by atoms with Gasteiger partial charge < -0.3 is 15.1 Å². The van der Waals surface area contributed by atoms with Gasteiger partial charge in [0.05, 0.1) is 0 Å². The SMILES string of the molecule is CCCN=C1NC2C(C(=O)NC(=O)N2C)N1Cc1cccc(C)c1.